The third kappa shape index (κ3) is 2.24. The molecule has 2 rings (SSSR count). The molecule has 5 nitrogen and oxygen atoms in total. The van der Waals surface area contributed by atoms with E-state index in [-0.39, 0.29) is 6.04 Å². The lowest BCUT2D eigenvalue weighted by Gasteiger charge is -2.00. The maximum absolute atomic E-state index is 5.68. The van der Waals surface area contributed by atoms with E-state index in [4.69, 9.17) is 11.5 Å². The van der Waals surface area contributed by atoms with Crippen LogP contribution in [0.4, 0.5) is 5.82 Å². The summed E-state index contributed by atoms with van der Waals surface area (Å²) in [6.45, 7) is 1.99. The second-order valence-electron chi connectivity index (χ2n) is 3.81. The Hall–Kier alpha value is -1.62. The van der Waals surface area contributed by atoms with Crippen LogP contribution in [0.5, 0.6) is 0 Å². The van der Waals surface area contributed by atoms with Gasteiger partial charge in [0.25, 0.3) is 0 Å². The van der Waals surface area contributed by atoms with Crippen LogP contribution in [0.1, 0.15) is 19.2 Å². The molecule has 80 valence electrons. The Balaban J connectivity index is 2.23. The Kier molecular flexibility index (Phi) is 2.55. The van der Waals surface area contributed by atoms with Gasteiger partial charge in [0.15, 0.2) is 5.65 Å². The van der Waals surface area contributed by atoms with Gasteiger partial charge in [0.2, 0.25) is 0 Å². The summed E-state index contributed by atoms with van der Waals surface area (Å²) < 4.78 is 0. The topological polar surface area (TPSA) is 93.6 Å². The lowest BCUT2D eigenvalue weighted by atomic mass is 10.2. The predicted octanol–water partition coefficient (Wildman–Crippen LogP) is 0.820. The highest BCUT2D eigenvalue weighted by Gasteiger charge is 2.04. The van der Waals surface area contributed by atoms with Gasteiger partial charge in [0.1, 0.15) is 11.6 Å². The van der Waals surface area contributed by atoms with Gasteiger partial charge >= 0.3 is 0 Å². The van der Waals surface area contributed by atoms with E-state index in [0.29, 0.717) is 11.5 Å². The van der Waals surface area contributed by atoms with Crippen molar-refractivity contribution in [3.63, 3.8) is 0 Å². The highest BCUT2D eigenvalue weighted by Crippen LogP contribution is 2.11. The van der Waals surface area contributed by atoms with Crippen LogP contribution in [0.2, 0.25) is 0 Å². The number of aromatic nitrogens is 3. The summed E-state index contributed by atoms with van der Waals surface area (Å²) in [7, 11) is 0. The Morgan fingerprint density at radius 1 is 1.40 bits per heavy atom. The summed E-state index contributed by atoms with van der Waals surface area (Å²) >= 11 is 0. The number of hydrogen-bond acceptors (Lipinski definition) is 4. The van der Waals surface area contributed by atoms with Crippen LogP contribution < -0.4 is 11.5 Å². The number of nitrogens with one attached hydrogen (secondary N) is 1. The van der Waals surface area contributed by atoms with Gasteiger partial charge < -0.3 is 16.5 Å². The Morgan fingerprint density at radius 2 is 2.20 bits per heavy atom. The van der Waals surface area contributed by atoms with Gasteiger partial charge in [-0.3, -0.25) is 0 Å². The van der Waals surface area contributed by atoms with Crippen LogP contribution in [0, 0.1) is 0 Å². The lowest BCUT2D eigenvalue weighted by Crippen LogP contribution is -2.15. The molecule has 0 saturated carbocycles. The SMILES string of the molecule is CC(N)CCc1nc2nc(N)ccc2[nH]1. The number of aryl methyl sites for hydroxylation is 1. The van der Waals surface area contributed by atoms with E-state index in [2.05, 4.69) is 15.0 Å². The quantitative estimate of drug-likeness (QED) is 0.691. The zero-order valence-corrected chi connectivity index (χ0v) is 8.70. The number of H-pyrrole nitrogens is 1. The van der Waals surface area contributed by atoms with Gasteiger partial charge in [0, 0.05) is 12.5 Å². The van der Waals surface area contributed by atoms with E-state index >= 15 is 0 Å². The number of aromatic amines is 1. The second kappa shape index (κ2) is 3.86. The molecule has 2 aromatic rings. The number of nitrogens with two attached hydrogens (primary N) is 2. The van der Waals surface area contributed by atoms with Gasteiger partial charge in [-0.25, -0.2) is 9.97 Å². The van der Waals surface area contributed by atoms with Crippen molar-refractivity contribution >= 4 is 17.0 Å². The van der Waals surface area contributed by atoms with Crippen LogP contribution in [0.25, 0.3) is 11.2 Å². The molecule has 2 heterocycles. The fourth-order valence-electron chi connectivity index (χ4n) is 1.44. The second-order valence-corrected chi connectivity index (χ2v) is 3.81. The fourth-order valence-corrected chi connectivity index (χ4v) is 1.44. The number of rotatable bonds is 3. The summed E-state index contributed by atoms with van der Waals surface area (Å²) in [5, 5.41) is 0. The molecule has 2 aromatic heterocycles. The molecule has 15 heavy (non-hydrogen) atoms. The molecule has 1 atom stereocenters. The molecule has 0 aromatic carbocycles. The molecule has 0 fully saturated rings. The maximum Gasteiger partial charge on any atom is 0.179 e. The van der Waals surface area contributed by atoms with E-state index in [1.54, 1.807) is 6.07 Å². The predicted molar refractivity (Wildman–Crippen MR) is 60.3 cm³/mol. The normalized spacial score (nSPS) is 13.2. The minimum atomic E-state index is 0.191. The van der Waals surface area contributed by atoms with Crippen molar-refractivity contribution in [2.75, 3.05) is 5.73 Å². The van der Waals surface area contributed by atoms with Crippen LogP contribution >= 0.6 is 0 Å². The Morgan fingerprint density at radius 3 is 2.93 bits per heavy atom. The minimum Gasteiger partial charge on any atom is -0.384 e. The van der Waals surface area contributed by atoms with E-state index in [1.807, 2.05) is 13.0 Å². The average Bonchev–Trinajstić information content (AvgIpc) is 2.56. The summed E-state index contributed by atoms with van der Waals surface area (Å²) in [5.41, 5.74) is 12.8. The van der Waals surface area contributed by atoms with E-state index in [0.717, 1.165) is 24.2 Å². The van der Waals surface area contributed by atoms with E-state index < -0.39 is 0 Å². The third-order valence-corrected chi connectivity index (χ3v) is 2.25. The third-order valence-electron chi connectivity index (χ3n) is 2.25. The van der Waals surface area contributed by atoms with Crippen molar-refractivity contribution in [1.82, 2.24) is 15.0 Å². The molecule has 1 unspecified atom stereocenters. The van der Waals surface area contributed by atoms with Gasteiger partial charge in [0.05, 0.1) is 5.52 Å². The molecule has 0 aliphatic carbocycles. The van der Waals surface area contributed by atoms with Crippen LogP contribution in [-0.4, -0.2) is 21.0 Å². The largest absolute Gasteiger partial charge is 0.384 e. The van der Waals surface area contributed by atoms with E-state index in [9.17, 15) is 0 Å². The number of nitrogen functional groups attached to an aromatic ring is 1. The average molecular weight is 205 g/mol. The monoisotopic (exact) mass is 205 g/mol. The smallest absolute Gasteiger partial charge is 0.179 e. The van der Waals surface area contributed by atoms with Crippen LogP contribution in [0.3, 0.4) is 0 Å². The highest BCUT2D eigenvalue weighted by atomic mass is 15.0. The molecular weight excluding hydrogens is 190 g/mol. The first-order valence-corrected chi connectivity index (χ1v) is 5.02. The molecule has 0 aliphatic rings. The fraction of sp³-hybridized carbons (Fsp3) is 0.400. The van der Waals surface area contributed by atoms with Gasteiger partial charge in [-0.05, 0) is 25.5 Å². The number of anilines is 1. The van der Waals surface area contributed by atoms with Crippen LogP contribution in [-0.2, 0) is 6.42 Å². The molecule has 0 radical (unpaired) electrons. The number of hydrogen-bond donors (Lipinski definition) is 3. The van der Waals surface area contributed by atoms with Gasteiger partial charge in [-0.1, -0.05) is 0 Å². The van der Waals surface area contributed by atoms with Crippen molar-refractivity contribution in [3.05, 3.63) is 18.0 Å². The standard InChI is InChI=1S/C10H15N5/c1-6(11)2-5-9-13-7-3-4-8(12)14-10(7)15-9/h3-4,6H,2,5,11H2,1H3,(H3,12,13,14,15). The van der Waals surface area contributed by atoms with Crippen molar-refractivity contribution in [2.24, 2.45) is 5.73 Å². The lowest BCUT2D eigenvalue weighted by molar-refractivity contribution is 0.652. The van der Waals surface area contributed by atoms with Crippen LogP contribution in [0.15, 0.2) is 12.1 Å². The number of imidazole rings is 1. The summed E-state index contributed by atoms with van der Waals surface area (Å²) in [6.07, 6.45) is 1.75. The van der Waals surface area contributed by atoms with Crippen molar-refractivity contribution in [3.8, 4) is 0 Å². The number of fused-ring (bicyclic) bond motifs is 1. The molecule has 0 aliphatic heterocycles. The first-order chi connectivity index (χ1) is 7.15. The zero-order chi connectivity index (χ0) is 10.8. The van der Waals surface area contributed by atoms with Crippen molar-refractivity contribution < 1.29 is 0 Å². The molecule has 0 bridgehead atoms. The number of pyridine rings is 1. The number of nitrogens with zero attached hydrogens (tertiary/aromatic N) is 2. The summed E-state index contributed by atoms with van der Waals surface area (Å²) in [6, 6.07) is 3.84. The summed E-state index contributed by atoms with van der Waals surface area (Å²) in [5.74, 6) is 1.41. The molecule has 0 amide bonds. The zero-order valence-electron chi connectivity index (χ0n) is 8.70. The van der Waals surface area contributed by atoms with Gasteiger partial charge in [-0.2, -0.15) is 0 Å². The molecule has 5 N–H and O–H groups in total. The minimum absolute atomic E-state index is 0.191. The molecule has 5 heteroatoms. The highest BCUT2D eigenvalue weighted by molar-refractivity contribution is 5.72. The Labute approximate surface area is 87.9 Å². The first kappa shape index (κ1) is 9.92. The summed E-state index contributed by atoms with van der Waals surface area (Å²) in [4.78, 5) is 11.7. The van der Waals surface area contributed by atoms with Crippen molar-refractivity contribution in [1.29, 1.82) is 0 Å². The van der Waals surface area contributed by atoms with Gasteiger partial charge in [-0.15, -0.1) is 0 Å². The maximum atomic E-state index is 5.68. The Bertz CT molecular complexity index is 460. The first-order valence-electron chi connectivity index (χ1n) is 5.02. The molecule has 0 saturated heterocycles. The molecule has 0 spiro atoms. The van der Waals surface area contributed by atoms with Crippen molar-refractivity contribution in [2.45, 2.75) is 25.8 Å². The van der Waals surface area contributed by atoms with E-state index in [1.165, 1.54) is 0 Å². The molecular formula is C10H15N5.